The highest BCUT2D eigenvalue weighted by molar-refractivity contribution is 5.69. The standard InChI is InChI=1S/C28H48O2/c1-5-6-7-8-9-10-11-12-13-14-15-16-17-18-19-23-28(29)30-25-24-27(4)22-20-21-26(2)3/h8-13,21,27H,5-7,14-20,22-25H2,1-4H3/b9-8+,11-10+,13-12-. The smallest absolute Gasteiger partial charge is 0.305 e. The highest BCUT2D eigenvalue weighted by atomic mass is 16.5. The van der Waals surface area contributed by atoms with E-state index in [1.165, 1.54) is 50.5 Å². The van der Waals surface area contributed by atoms with Crippen LogP contribution in [0.1, 0.15) is 111 Å². The molecule has 0 heterocycles. The lowest BCUT2D eigenvalue weighted by Gasteiger charge is -2.10. The highest BCUT2D eigenvalue weighted by Crippen LogP contribution is 2.13. The summed E-state index contributed by atoms with van der Waals surface area (Å²) in [6.45, 7) is 9.31. The van der Waals surface area contributed by atoms with Gasteiger partial charge in [-0.15, -0.1) is 0 Å². The van der Waals surface area contributed by atoms with Gasteiger partial charge in [0.2, 0.25) is 0 Å². The molecule has 2 nitrogen and oxygen atoms in total. The molecule has 0 aromatic carbocycles. The van der Waals surface area contributed by atoms with Gasteiger partial charge in [-0.3, -0.25) is 4.79 Å². The molecule has 0 saturated heterocycles. The molecular weight excluding hydrogens is 368 g/mol. The van der Waals surface area contributed by atoms with Crippen molar-refractivity contribution in [3.05, 3.63) is 48.1 Å². The topological polar surface area (TPSA) is 26.3 Å². The number of allylic oxidation sites excluding steroid dienone is 8. The SMILES string of the molecule is CCCC/C=C/C=C/C=C\CCCCCCCC(=O)OCCC(C)CCC=C(C)C. The van der Waals surface area contributed by atoms with Crippen LogP contribution in [-0.2, 0) is 9.53 Å². The van der Waals surface area contributed by atoms with E-state index in [9.17, 15) is 4.79 Å². The number of unbranched alkanes of at least 4 members (excludes halogenated alkanes) is 7. The number of carbonyl (C=O) groups is 1. The summed E-state index contributed by atoms with van der Waals surface area (Å²) in [5.74, 6) is 0.588. The summed E-state index contributed by atoms with van der Waals surface area (Å²) in [6, 6.07) is 0. The minimum absolute atomic E-state index is 0.0232. The Bertz CT molecular complexity index is 507. The fourth-order valence-electron chi connectivity index (χ4n) is 3.11. The minimum atomic E-state index is -0.0232. The van der Waals surface area contributed by atoms with E-state index in [1.54, 1.807) is 0 Å². The second-order valence-electron chi connectivity index (χ2n) is 8.66. The molecule has 0 aromatic rings. The number of ether oxygens (including phenoxy) is 1. The summed E-state index contributed by atoms with van der Waals surface area (Å²) < 4.78 is 5.38. The maximum absolute atomic E-state index is 11.8. The summed E-state index contributed by atoms with van der Waals surface area (Å²) >= 11 is 0. The summed E-state index contributed by atoms with van der Waals surface area (Å²) in [5, 5.41) is 0. The molecule has 0 fully saturated rings. The van der Waals surface area contributed by atoms with E-state index in [0.717, 1.165) is 32.1 Å². The third-order valence-electron chi connectivity index (χ3n) is 5.17. The predicted molar refractivity (Wildman–Crippen MR) is 133 cm³/mol. The van der Waals surface area contributed by atoms with Crippen molar-refractivity contribution in [2.75, 3.05) is 6.61 Å². The van der Waals surface area contributed by atoms with E-state index >= 15 is 0 Å². The molecule has 0 saturated carbocycles. The summed E-state index contributed by atoms with van der Waals surface area (Å²) in [7, 11) is 0. The zero-order valence-electron chi connectivity index (χ0n) is 20.3. The van der Waals surface area contributed by atoms with E-state index in [4.69, 9.17) is 4.74 Å². The maximum Gasteiger partial charge on any atom is 0.305 e. The van der Waals surface area contributed by atoms with E-state index in [-0.39, 0.29) is 5.97 Å². The van der Waals surface area contributed by atoms with Gasteiger partial charge in [0.05, 0.1) is 6.61 Å². The van der Waals surface area contributed by atoms with E-state index in [2.05, 4.69) is 70.2 Å². The van der Waals surface area contributed by atoms with Crippen molar-refractivity contribution in [1.29, 1.82) is 0 Å². The molecule has 0 amide bonds. The first kappa shape index (κ1) is 28.4. The molecule has 0 rings (SSSR count). The lowest BCUT2D eigenvalue weighted by Crippen LogP contribution is -2.08. The first-order valence-electron chi connectivity index (χ1n) is 12.3. The van der Waals surface area contributed by atoms with Gasteiger partial charge in [-0.25, -0.2) is 0 Å². The quantitative estimate of drug-likeness (QED) is 0.0909. The Morgan fingerprint density at radius 3 is 2.10 bits per heavy atom. The lowest BCUT2D eigenvalue weighted by molar-refractivity contribution is -0.144. The fraction of sp³-hybridized carbons (Fsp3) is 0.679. The number of carbonyl (C=O) groups excluding carboxylic acids is 1. The largest absolute Gasteiger partial charge is 0.466 e. The third kappa shape index (κ3) is 22.7. The number of hydrogen-bond acceptors (Lipinski definition) is 2. The van der Waals surface area contributed by atoms with Crippen LogP contribution in [0.15, 0.2) is 48.1 Å². The maximum atomic E-state index is 11.8. The van der Waals surface area contributed by atoms with Gasteiger partial charge in [-0.05, 0) is 64.7 Å². The molecular formula is C28H48O2. The second-order valence-corrected chi connectivity index (χ2v) is 8.66. The minimum Gasteiger partial charge on any atom is -0.466 e. The van der Waals surface area contributed by atoms with Gasteiger partial charge in [0, 0.05) is 6.42 Å². The normalized spacial score (nSPS) is 12.8. The van der Waals surface area contributed by atoms with Crippen LogP contribution in [0.5, 0.6) is 0 Å². The molecule has 0 N–H and O–H groups in total. The molecule has 0 spiro atoms. The molecule has 172 valence electrons. The van der Waals surface area contributed by atoms with E-state index in [0.29, 0.717) is 18.9 Å². The summed E-state index contributed by atoms with van der Waals surface area (Å²) in [5.41, 5.74) is 1.38. The lowest BCUT2D eigenvalue weighted by atomic mass is 10.0. The molecule has 0 aromatic heterocycles. The molecule has 0 radical (unpaired) electrons. The Morgan fingerprint density at radius 1 is 0.800 bits per heavy atom. The van der Waals surface area contributed by atoms with Crippen molar-refractivity contribution in [3.8, 4) is 0 Å². The Labute approximate surface area is 187 Å². The first-order chi connectivity index (χ1) is 14.6. The zero-order valence-corrected chi connectivity index (χ0v) is 20.3. The molecule has 0 aliphatic rings. The monoisotopic (exact) mass is 416 g/mol. The number of hydrogen-bond donors (Lipinski definition) is 0. The van der Waals surface area contributed by atoms with Crippen molar-refractivity contribution >= 4 is 5.97 Å². The van der Waals surface area contributed by atoms with E-state index < -0.39 is 0 Å². The molecule has 1 atom stereocenters. The third-order valence-corrected chi connectivity index (χ3v) is 5.17. The summed E-state index contributed by atoms with van der Waals surface area (Å²) in [6.07, 6.45) is 29.7. The van der Waals surface area contributed by atoms with Crippen LogP contribution in [0, 0.1) is 5.92 Å². The molecule has 0 bridgehead atoms. The average molecular weight is 417 g/mol. The number of rotatable bonds is 19. The van der Waals surface area contributed by atoms with Crippen LogP contribution in [0.4, 0.5) is 0 Å². The predicted octanol–water partition coefficient (Wildman–Crippen LogP) is 8.89. The van der Waals surface area contributed by atoms with Gasteiger partial charge in [0.25, 0.3) is 0 Å². The molecule has 30 heavy (non-hydrogen) atoms. The van der Waals surface area contributed by atoms with Crippen molar-refractivity contribution < 1.29 is 9.53 Å². The Hall–Kier alpha value is -1.57. The van der Waals surface area contributed by atoms with Crippen molar-refractivity contribution in [3.63, 3.8) is 0 Å². The second kappa shape index (κ2) is 22.1. The van der Waals surface area contributed by atoms with Gasteiger partial charge in [0.1, 0.15) is 0 Å². The Kier molecular flexibility index (Phi) is 21.0. The van der Waals surface area contributed by atoms with Gasteiger partial charge in [-0.2, -0.15) is 0 Å². The van der Waals surface area contributed by atoms with Crippen molar-refractivity contribution in [1.82, 2.24) is 0 Å². The molecule has 0 aliphatic carbocycles. The Morgan fingerprint density at radius 2 is 1.43 bits per heavy atom. The molecule has 1 unspecified atom stereocenters. The molecule has 2 heteroatoms. The van der Waals surface area contributed by atoms with Crippen LogP contribution in [-0.4, -0.2) is 12.6 Å². The first-order valence-corrected chi connectivity index (χ1v) is 12.3. The van der Waals surface area contributed by atoms with Crippen LogP contribution in [0.2, 0.25) is 0 Å². The van der Waals surface area contributed by atoms with Crippen molar-refractivity contribution in [2.45, 2.75) is 111 Å². The Balaban J connectivity index is 3.46. The van der Waals surface area contributed by atoms with Crippen LogP contribution < -0.4 is 0 Å². The number of esters is 1. The van der Waals surface area contributed by atoms with Crippen LogP contribution in [0.25, 0.3) is 0 Å². The fourth-order valence-corrected chi connectivity index (χ4v) is 3.11. The van der Waals surface area contributed by atoms with Crippen LogP contribution >= 0.6 is 0 Å². The van der Waals surface area contributed by atoms with E-state index in [1.807, 2.05) is 0 Å². The van der Waals surface area contributed by atoms with Crippen molar-refractivity contribution in [2.24, 2.45) is 5.92 Å². The van der Waals surface area contributed by atoms with Crippen LogP contribution in [0.3, 0.4) is 0 Å². The van der Waals surface area contributed by atoms with Gasteiger partial charge in [0.15, 0.2) is 0 Å². The van der Waals surface area contributed by atoms with Gasteiger partial charge >= 0.3 is 5.97 Å². The molecule has 0 aliphatic heterocycles. The highest BCUT2D eigenvalue weighted by Gasteiger charge is 2.05. The zero-order chi connectivity index (χ0) is 22.3. The summed E-state index contributed by atoms with van der Waals surface area (Å²) in [4.78, 5) is 11.8. The average Bonchev–Trinajstić information content (AvgIpc) is 2.70. The van der Waals surface area contributed by atoms with Gasteiger partial charge in [-0.1, -0.05) is 94.1 Å². The van der Waals surface area contributed by atoms with Gasteiger partial charge < -0.3 is 4.74 Å².